The number of aromatic nitrogens is 2. The molecule has 1 atom stereocenters. The minimum Gasteiger partial charge on any atom is -0.489 e. The van der Waals surface area contributed by atoms with Crippen molar-refractivity contribution >= 4 is 67.8 Å². The lowest BCUT2D eigenvalue weighted by molar-refractivity contribution is -0.133. The Morgan fingerprint density at radius 2 is 1.64 bits per heavy atom. The molecule has 5 heterocycles. The molecule has 0 saturated carbocycles. The molecule has 342 valence electrons. The van der Waals surface area contributed by atoms with Crippen molar-refractivity contribution in [3.05, 3.63) is 83.0 Å². The van der Waals surface area contributed by atoms with E-state index in [9.17, 15) is 18.0 Å². The van der Waals surface area contributed by atoms with Crippen molar-refractivity contribution in [2.45, 2.75) is 107 Å². The molecule has 1 unspecified atom stereocenters. The standard InChI is InChI=1S/C48H62ClN9O5S/c1-30(2)63-43-25-38(32(5)23-42(43)53-48-50-26-39(49)46(55-48)52-40-11-6-7-12-44(40)64(61,62)31(3)4)34-15-21-57(22-16-34)36-17-19-56(20-18-36)27-33-28-58(29-33)37-10-8-9-35(24-37)51-41-13-14-45(59)54-47(41)60/h6-12,23-26,30-31,33-34,36,41,51H,13-22,27-29H2,1-5H3,(H,54,59,60)(H2,50,52,53,55). The molecular weight excluding hydrogens is 850 g/mol. The van der Waals surface area contributed by atoms with Crippen LogP contribution in [0, 0.1) is 12.8 Å². The van der Waals surface area contributed by atoms with Crippen LogP contribution in [0.15, 0.2) is 71.8 Å². The molecule has 64 heavy (non-hydrogen) atoms. The Balaban J connectivity index is 0.827. The van der Waals surface area contributed by atoms with Crippen LogP contribution in [0.5, 0.6) is 5.75 Å². The highest BCUT2D eigenvalue weighted by Gasteiger charge is 2.34. The predicted octanol–water partition coefficient (Wildman–Crippen LogP) is 7.89. The molecule has 4 fully saturated rings. The summed E-state index contributed by atoms with van der Waals surface area (Å²) in [6.45, 7) is 17.2. The van der Waals surface area contributed by atoms with Crippen molar-refractivity contribution < 1.29 is 22.7 Å². The summed E-state index contributed by atoms with van der Waals surface area (Å²) in [5.41, 5.74) is 5.70. The fourth-order valence-electron chi connectivity index (χ4n) is 9.56. The van der Waals surface area contributed by atoms with Gasteiger partial charge in [-0.3, -0.25) is 14.9 Å². The van der Waals surface area contributed by atoms with Crippen LogP contribution in [0.2, 0.25) is 5.02 Å². The quantitative estimate of drug-likeness (QED) is 0.0854. The highest BCUT2D eigenvalue weighted by Crippen LogP contribution is 2.40. The minimum absolute atomic E-state index is 0.0528. The maximum absolute atomic E-state index is 13.1. The second-order valence-electron chi connectivity index (χ2n) is 18.4. The van der Waals surface area contributed by atoms with Crippen LogP contribution >= 0.6 is 11.6 Å². The maximum Gasteiger partial charge on any atom is 0.249 e. The first-order chi connectivity index (χ1) is 30.7. The minimum atomic E-state index is -3.56. The van der Waals surface area contributed by atoms with Crippen molar-refractivity contribution in [2.75, 3.05) is 66.7 Å². The SMILES string of the molecule is Cc1cc(Nc2ncc(Cl)c(Nc3ccccc3S(=O)(=O)C(C)C)n2)c(OC(C)C)cc1C1CCN(C2CCN(CC3CN(c4cccc(NC5CCC(=O)NC5=O)c4)C3)CC2)CC1. The van der Waals surface area contributed by atoms with Crippen LogP contribution in [0.3, 0.4) is 0 Å². The number of nitrogens with one attached hydrogen (secondary N) is 4. The number of aryl methyl sites for hydroxylation is 1. The van der Waals surface area contributed by atoms with Crippen LogP contribution in [0.25, 0.3) is 0 Å². The number of para-hydroxylation sites is 1. The molecule has 1 aromatic heterocycles. The fourth-order valence-corrected chi connectivity index (χ4v) is 10.9. The van der Waals surface area contributed by atoms with Gasteiger partial charge in [0.1, 0.15) is 16.8 Å². The largest absolute Gasteiger partial charge is 0.489 e. The smallest absolute Gasteiger partial charge is 0.249 e. The van der Waals surface area contributed by atoms with Gasteiger partial charge in [0.05, 0.1) is 33.8 Å². The molecule has 0 bridgehead atoms. The van der Waals surface area contributed by atoms with Crippen LogP contribution in [0.4, 0.5) is 34.5 Å². The van der Waals surface area contributed by atoms with Gasteiger partial charge in [-0.2, -0.15) is 4.98 Å². The van der Waals surface area contributed by atoms with Crippen molar-refractivity contribution in [3.8, 4) is 5.75 Å². The Kier molecular flexibility index (Phi) is 14.0. The van der Waals surface area contributed by atoms with E-state index in [1.807, 2.05) is 26.0 Å². The van der Waals surface area contributed by atoms with E-state index in [4.69, 9.17) is 16.3 Å². The summed E-state index contributed by atoms with van der Waals surface area (Å²) in [5.74, 6) is 1.94. The number of nitrogens with zero attached hydrogens (tertiary/aromatic N) is 5. The molecule has 0 aliphatic carbocycles. The van der Waals surface area contributed by atoms with Gasteiger partial charge in [0.2, 0.25) is 17.8 Å². The van der Waals surface area contributed by atoms with Gasteiger partial charge in [-0.05, 0) is 152 Å². The van der Waals surface area contributed by atoms with E-state index < -0.39 is 15.1 Å². The average molecular weight is 913 g/mol. The highest BCUT2D eigenvalue weighted by molar-refractivity contribution is 7.92. The summed E-state index contributed by atoms with van der Waals surface area (Å²) in [5, 5.41) is 11.9. The third kappa shape index (κ3) is 10.6. The van der Waals surface area contributed by atoms with Gasteiger partial charge >= 0.3 is 0 Å². The van der Waals surface area contributed by atoms with E-state index >= 15 is 0 Å². The van der Waals surface area contributed by atoms with E-state index in [2.05, 4.69) is 77.1 Å². The number of rotatable bonds is 15. The topological polar surface area (TPSA) is 161 Å². The summed E-state index contributed by atoms with van der Waals surface area (Å²) in [7, 11) is -3.56. The van der Waals surface area contributed by atoms with Crippen molar-refractivity contribution in [3.63, 3.8) is 0 Å². The van der Waals surface area contributed by atoms with Gasteiger partial charge < -0.3 is 35.4 Å². The van der Waals surface area contributed by atoms with Crippen LogP contribution in [0.1, 0.15) is 83.3 Å². The Morgan fingerprint density at radius 3 is 2.36 bits per heavy atom. The number of halogens is 1. The molecule has 4 saturated heterocycles. The number of likely N-dealkylation sites (tertiary alicyclic amines) is 2. The number of carbonyl (C=O) groups is 2. The first kappa shape index (κ1) is 45.6. The second-order valence-corrected chi connectivity index (χ2v) is 21.3. The molecule has 4 aliphatic rings. The monoisotopic (exact) mass is 911 g/mol. The lowest BCUT2D eigenvalue weighted by atomic mass is 9.85. The lowest BCUT2D eigenvalue weighted by Gasteiger charge is -2.46. The van der Waals surface area contributed by atoms with E-state index in [-0.39, 0.29) is 39.7 Å². The number of carbonyl (C=O) groups excluding carboxylic acids is 2. The first-order valence-electron chi connectivity index (χ1n) is 22.8. The van der Waals surface area contributed by atoms with Crippen LogP contribution in [-0.4, -0.2) is 109 Å². The molecule has 0 spiro atoms. The van der Waals surface area contributed by atoms with E-state index in [0.717, 1.165) is 75.8 Å². The number of anilines is 6. The molecule has 3 aromatic carbocycles. The van der Waals surface area contributed by atoms with Gasteiger partial charge in [0.15, 0.2) is 15.7 Å². The molecule has 8 rings (SSSR count). The van der Waals surface area contributed by atoms with Crippen LogP contribution in [-0.2, 0) is 19.4 Å². The Bertz CT molecular complexity index is 2430. The Morgan fingerprint density at radius 1 is 0.891 bits per heavy atom. The number of piperidine rings is 3. The summed E-state index contributed by atoms with van der Waals surface area (Å²) in [4.78, 5) is 40.9. The Hall–Kier alpha value is -4.96. The van der Waals surface area contributed by atoms with E-state index in [0.29, 0.717) is 42.4 Å². The van der Waals surface area contributed by atoms with E-state index in [1.54, 1.807) is 38.1 Å². The van der Waals surface area contributed by atoms with Crippen LogP contribution < -0.4 is 30.9 Å². The van der Waals surface area contributed by atoms with Gasteiger partial charge in [0.25, 0.3) is 0 Å². The fraction of sp³-hybridized carbons (Fsp3) is 0.500. The Labute approximate surface area is 382 Å². The molecule has 2 amide bonds. The summed E-state index contributed by atoms with van der Waals surface area (Å²) >= 11 is 6.54. The van der Waals surface area contributed by atoms with Crippen molar-refractivity contribution in [1.29, 1.82) is 0 Å². The van der Waals surface area contributed by atoms with Crippen molar-refractivity contribution in [1.82, 2.24) is 25.1 Å². The molecule has 4 aliphatic heterocycles. The van der Waals surface area contributed by atoms with Gasteiger partial charge in [-0.1, -0.05) is 29.8 Å². The number of imide groups is 1. The molecule has 14 nitrogen and oxygen atoms in total. The average Bonchev–Trinajstić information content (AvgIpc) is 3.25. The summed E-state index contributed by atoms with van der Waals surface area (Å²) < 4.78 is 32.6. The number of hydrogen-bond donors (Lipinski definition) is 4. The van der Waals surface area contributed by atoms with Gasteiger partial charge in [-0.15, -0.1) is 0 Å². The van der Waals surface area contributed by atoms with E-state index in [1.165, 1.54) is 35.9 Å². The molecule has 4 aromatic rings. The maximum atomic E-state index is 13.1. The molecular formula is C48H62ClN9O5S. The molecule has 0 radical (unpaired) electrons. The predicted molar refractivity (Wildman–Crippen MR) is 254 cm³/mol. The molecule has 4 N–H and O–H groups in total. The molecule has 16 heteroatoms. The van der Waals surface area contributed by atoms with Gasteiger partial charge in [0, 0.05) is 49.4 Å². The zero-order valence-electron chi connectivity index (χ0n) is 37.6. The first-order valence-corrected chi connectivity index (χ1v) is 24.7. The summed E-state index contributed by atoms with van der Waals surface area (Å²) in [6.07, 6.45) is 6.92. The highest BCUT2D eigenvalue weighted by atomic mass is 35.5. The second kappa shape index (κ2) is 19.6. The number of ether oxygens (including phenoxy) is 1. The third-order valence-electron chi connectivity index (χ3n) is 13.1. The summed E-state index contributed by atoms with van der Waals surface area (Å²) in [6, 6.07) is 19.6. The number of hydrogen-bond acceptors (Lipinski definition) is 13. The zero-order valence-corrected chi connectivity index (χ0v) is 39.1. The number of benzene rings is 3. The van der Waals surface area contributed by atoms with Crippen molar-refractivity contribution in [2.24, 2.45) is 5.92 Å². The third-order valence-corrected chi connectivity index (χ3v) is 15.6. The normalized spacial score (nSPS) is 19.8. The zero-order chi connectivity index (χ0) is 45.1. The number of amides is 2. The number of sulfone groups is 1. The van der Waals surface area contributed by atoms with Gasteiger partial charge in [-0.25, -0.2) is 13.4 Å². The lowest BCUT2D eigenvalue weighted by Crippen LogP contribution is -2.54.